The smallest absolute Gasteiger partial charge is 0.355 e. The number of esters is 1. The molecule has 0 bridgehead atoms. The number of carbonyl (C=O) groups excluding carboxylic acids is 3. The number of imide groups is 1. The number of nitrogens with zero attached hydrogens (tertiary/aromatic N) is 1. The quantitative estimate of drug-likeness (QED) is 0.866. The number of carbonyl (C=O) groups is 3. The Kier molecular flexibility index (Phi) is 5.41. The largest absolute Gasteiger partial charge is 0.451 e. The first-order valence-electron chi connectivity index (χ1n) is 7.91. The zero-order chi connectivity index (χ0) is 18.6. The van der Waals surface area contributed by atoms with Crippen molar-refractivity contribution in [2.24, 2.45) is 7.05 Å². The first-order chi connectivity index (χ1) is 11.7. The van der Waals surface area contributed by atoms with Gasteiger partial charge in [-0.2, -0.15) is 0 Å². The Labute approximate surface area is 146 Å². The Morgan fingerprint density at radius 2 is 1.72 bits per heavy atom. The fourth-order valence-electron chi connectivity index (χ4n) is 2.23. The summed E-state index contributed by atoms with van der Waals surface area (Å²) < 4.78 is 6.49. The van der Waals surface area contributed by atoms with Gasteiger partial charge < -0.3 is 9.30 Å². The molecule has 1 N–H and O–H groups in total. The van der Waals surface area contributed by atoms with Crippen molar-refractivity contribution in [3.63, 3.8) is 0 Å². The maximum absolute atomic E-state index is 12.1. The number of hydrogen-bond acceptors (Lipinski definition) is 4. The first kappa shape index (κ1) is 18.4. The van der Waals surface area contributed by atoms with Gasteiger partial charge in [0, 0.05) is 18.8 Å². The van der Waals surface area contributed by atoms with E-state index in [-0.39, 0.29) is 5.41 Å². The molecule has 1 heterocycles. The molecule has 0 fully saturated rings. The topological polar surface area (TPSA) is 77.4 Å². The molecule has 0 radical (unpaired) electrons. The lowest BCUT2D eigenvalue weighted by atomic mass is 9.87. The van der Waals surface area contributed by atoms with Crippen LogP contribution in [0.25, 0.3) is 0 Å². The van der Waals surface area contributed by atoms with Crippen LogP contribution in [0.15, 0.2) is 42.6 Å². The minimum Gasteiger partial charge on any atom is -0.451 e. The average molecular weight is 342 g/mol. The van der Waals surface area contributed by atoms with E-state index in [0.29, 0.717) is 11.3 Å². The van der Waals surface area contributed by atoms with Crippen LogP contribution in [0.5, 0.6) is 0 Å². The zero-order valence-corrected chi connectivity index (χ0v) is 14.8. The van der Waals surface area contributed by atoms with Gasteiger partial charge in [0.25, 0.3) is 11.8 Å². The number of aryl methyl sites for hydroxylation is 1. The van der Waals surface area contributed by atoms with Crippen LogP contribution >= 0.6 is 0 Å². The number of rotatable bonds is 4. The molecule has 2 rings (SSSR count). The lowest BCUT2D eigenvalue weighted by molar-refractivity contribution is -0.123. The molecule has 0 saturated carbocycles. The van der Waals surface area contributed by atoms with Crippen LogP contribution in [0, 0.1) is 0 Å². The summed E-state index contributed by atoms with van der Waals surface area (Å²) in [5.74, 6) is -1.82. The SMILES string of the molecule is Cn1cccc1C(=O)OCC(=O)NC(=O)c1ccc(C(C)(C)C)cc1. The van der Waals surface area contributed by atoms with Crippen molar-refractivity contribution in [1.82, 2.24) is 9.88 Å². The highest BCUT2D eigenvalue weighted by atomic mass is 16.5. The molecule has 0 unspecified atom stereocenters. The Bertz CT molecular complexity index is 783. The molecule has 2 amide bonds. The van der Waals surface area contributed by atoms with Crippen molar-refractivity contribution in [3.8, 4) is 0 Å². The molecule has 0 saturated heterocycles. The van der Waals surface area contributed by atoms with Crippen molar-refractivity contribution in [2.45, 2.75) is 26.2 Å². The summed E-state index contributed by atoms with van der Waals surface area (Å²) in [6.45, 7) is 5.71. The molecular weight excluding hydrogens is 320 g/mol. The van der Waals surface area contributed by atoms with Gasteiger partial charge in [0.1, 0.15) is 5.69 Å². The van der Waals surface area contributed by atoms with E-state index in [1.807, 2.05) is 12.1 Å². The third-order valence-corrected chi connectivity index (χ3v) is 3.75. The van der Waals surface area contributed by atoms with Crippen LogP contribution in [-0.2, 0) is 22.0 Å². The van der Waals surface area contributed by atoms with Crippen molar-refractivity contribution in [1.29, 1.82) is 0 Å². The van der Waals surface area contributed by atoms with E-state index < -0.39 is 24.4 Å². The number of amides is 2. The van der Waals surface area contributed by atoms with Crippen LogP contribution in [0.3, 0.4) is 0 Å². The van der Waals surface area contributed by atoms with Gasteiger partial charge in [0.2, 0.25) is 0 Å². The van der Waals surface area contributed by atoms with Crippen molar-refractivity contribution in [2.75, 3.05) is 6.61 Å². The van der Waals surface area contributed by atoms with Gasteiger partial charge in [-0.25, -0.2) is 4.79 Å². The van der Waals surface area contributed by atoms with E-state index in [0.717, 1.165) is 5.56 Å². The first-order valence-corrected chi connectivity index (χ1v) is 7.91. The Hall–Kier alpha value is -2.89. The molecule has 0 aliphatic carbocycles. The van der Waals surface area contributed by atoms with Gasteiger partial charge in [0.05, 0.1) is 0 Å². The van der Waals surface area contributed by atoms with E-state index in [9.17, 15) is 14.4 Å². The van der Waals surface area contributed by atoms with E-state index in [1.165, 1.54) is 0 Å². The second-order valence-electron chi connectivity index (χ2n) is 6.79. The molecule has 1 aromatic carbocycles. The Balaban J connectivity index is 1.89. The minimum absolute atomic E-state index is 0.0179. The summed E-state index contributed by atoms with van der Waals surface area (Å²) in [6, 6.07) is 10.3. The number of benzene rings is 1. The average Bonchev–Trinajstić information content (AvgIpc) is 2.98. The molecular formula is C19H22N2O4. The summed E-state index contributed by atoms with van der Waals surface area (Å²) >= 11 is 0. The minimum atomic E-state index is -0.674. The second-order valence-corrected chi connectivity index (χ2v) is 6.79. The van der Waals surface area contributed by atoms with Crippen LogP contribution in [0.4, 0.5) is 0 Å². The van der Waals surface area contributed by atoms with Gasteiger partial charge in [-0.3, -0.25) is 14.9 Å². The van der Waals surface area contributed by atoms with Crippen LogP contribution < -0.4 is 5.32 Å². The normalized spacial score (nSPS) is 11.0. The number of nitrogens with one attached hydrogen (secondary N) is 1. The van der Waals surface area contributed by atoms with Gasteiger partial charge in [-0.15, -0.1) is 0 Å². The number of aromatic nitrogens is 1. The maximum atomic E-state index is 12.1. The predicted molar refractivity (Wildman–Crippen MR) is 93.3 cm³/mol. The summed E-state index contributed by atoms with van der Waals surface area (Å²) in [7, 11) is 1.70. The summed E-state index contributed by atoms with van der Waals surface area (Å²) in [5, 5.41) is 2.21. The molecule has 132 valence electrons. The van der Waals surface area contributed by atoms with Gasteiger partial charge in [0.15, 0.2) is 6.61 Å². The van der Waals surface area contributed by atoms with Crippen molar-refractivity contribution < 1.29 is 19.1 Å². The Morgan fingerprint density at radius 1 is 1.08 bits per heavy atom. The molecule has 6 nitrogen and oxygen atoms in total. The molecule has 1 aromatic heterocycles. The molecule has 0 aliphatic heterocycles. The third kappa shape index (κ3) is 4.79. The predicted octanol–water partition coefficient (Wildman–Crippen LogP) is 2.44. The number of hydrogen-bond donors (Lipinski definition) is 1. The van der Waals surface area contributed by atoms with Crippen molar-refractivity contribution >= 4 is 17.8 Å². The van der Waals surface area contributed by atoms with Crippen LogP contribution in [-0.4, -0.2) is 29.0 Å². The fraction of sp³-hybridized carbons (Fsp3) is 0.316. The zero-order valence-electron chi connectivity index (χ0n) is 14.8. The monoisotopic (exact) mass is 342 g/mol. The highest BCUT2D eigenvalue weighted by molar-refractivity contribution is 6.05. The highest BCUT2D eigenvalue weighted by Gasteiger charge is 2.17. The molecule has 6 heteroatoms. The number of ether oxygens (including phenoxy) is 1. The van der Waals surface area contributed by atoms with Crippen LogP contribution in [0.2, 0.25) is 0 Å². The lowest BCUT2D eigenvalue weighted by Crippen LogP contribution is -2.34. The lowest BCUT2D eigenvalue weighted by Gasteiger charge is -2.18. The summed E-state index contributed by atoms with van der Waals surface area (Å²) in [4.78, 5) is 35.7. The molecule has 0 atom stereocenters. The third-order valence-electron chi connectivity index (χ3n) is 3.75. The summed E-state index contributed by atoms with van der Waals surface area (Å²) in [6.07, 6.45) is 1.70. The van der Waals surface area contributed by atoms with Gasteiger partial charge in [-0.05, 0) is 35.2 Å². The summed E-state index contributed by atoms with van der Waals surface area (Å²) in [5.41, 5.74) is 1.77. The van der Waals surface area contributed by atoms with Gasteiger partial charge >= 0.3 is 5.97 Å². The highest BCUT2D eigenvalue weighted by Crippen LogP contribution is 2.22. The van der Waals surface area contributed by atoms with E-state index in [1.54, 1.807) is 42.1 Å². The molecule has 0 aliphatic rings. The fourth-order valence-corrected chi connectivity index (χ4v) is 2.23. The maximum Gasteiger partial charge on any atom is 0.355 e. The molecule has 0 spiro atoms. The molecule has 25 heavy (non-hydrogen) atoms. The van der Waals surface area contributed by atoms with E-state index in [4.69, 9.17) is 4.74 Å². The van der Waals surface area contributed by atoms with E-state index in [2.05, 4.69) is 26.1 Å². The van der Waals surface area contributed by atoms with Crippen LogP contribution in [0.1, 0.15) is 47.2 Å². The van der Waals surface area contributed by atoms with E-state index >= 15 is 0 Å². The molecule has 2 aromatic rings. The Morgan fingerprint density at radius 3 is 2.24 bits per heavy atom. The van der Waals surface area contributed by atoms with Gasteiger partial charge in [-0.1, -0.05) is 32.9 Å². The van der Waals surface area contributed by atoms with Crippen molar-refractivity contribution in [3.05, 3.63) is 59.4 Å². The standard InChI is InChI=1S/C19H22N2O4/c1-19(2,3)14-9-7-13(8-10-14)17(23)20-16(22)12-25-18(24)15-6-5-11-21(15)4/h5-11H,12H2,1-4H3,(H,20,22,23). The second kappa shape index (κ2) is 7.34.